The number of carbonyl (C=O) groups is 1. The van der Waals surface area contributed by atoms with Gasteiger partial charge in [-0.1, -0.05) is 11.6 Å². The molecule has 0 heterocycles. The minimum atomic E-state index is -0.960. The number of hydrogen-bond donors (Lipinski definition) is 1. The molecule has 2 rings (SSSR count). The van der Waals surface area contributed by atoms with Crippen molar-refractivity contribution < 1.29 is 18.0 Å². The third kappa shape index (κ3) is 3.06. The smallest absolute Gasteiger partial charge is 0.258 e. The van der Waals surface area contributed by atoms with E-state index in [0.29, 0.717) is 0 Å². The maximum Gasteiger partial charge on any atom is 0.258 e. The van der Waals surface area contributed by atoms with Crippen molar-refractivity contribution in [2.45, 2.75) is 0 Å². The Kier molecular flexibility index (Phi) is 3.76. The molecule has 0 saturated heterocycles. The molecule has 1 amide bonds. The molecule has 0 fully saturated rings. The minimum absolute atomic E-state index is 0.205. The lowest BCUT2D eigenvalue weighted by Crippen LogP contribution is -2.15. The molecule has 2 nitrogen and oxygen atoms in total. The molecule has 0 radical (unpaired) electrons. The quantitative estimate of drug-likeness (QED) is 0.887. The number of amides is 1. The topological polar surface area (TPSA) is 29.1 Å². The predicted molar refractivity (Wildman–Crippen MR) is 65.7 cm³/mol. The highest BCUT2D eigenvalue weighted by Crippen LogP contribution is 2.21. The summed E-state index contributed by atoms with van der Waals surface area (Å²) >= 11 is 5.65. The van der Waals surface area contributed by atoms with Gasteiger partial charge in [-0.05, 0) is 36.4 Å². The average Bonchev–Trinajstić information content (AvgIpc) is 2.36. The largest absolute Gasteiger partial charge is 0.319 e. The van der Waals surface area contributed by atoms with E-state index in [0.717, 1.165) is 24.3 Å². The molecular formula is C13H7ClF3NO. The van der Waals surface area contributed by atoms with E-state index in [1.165, 1.54) is 12.1 Å². The lowest BCUT2D eigenvalue weighted by Gasteiger charge is -2.07. The van der Waals surface area contributed by atoms with E-state index in [1.807, 2.05) is 0 Å². The monoisotopic (exact) mass is 285 g/mol. The first-order chi connectivity index (χ1) is 8.97. The number of carbonyl (C=O) groups excluding carboxylic acids is 1. The Hall–Kier alpha value is -2.01. The van der Waals surface area contributed by atoms with E-state index in [4.69, 9.17) is 11.6 Å². The van der Waals surface area contributed by atoms with Gasteiger partial charge in [0.25, 0.3) is 5.91 Å². The van der Waals surface area contributed by atoms with E-state index in [-0.39, 0.29) is 10.7 Å². The van der Waals surface area contributed by atoms with Crippen LogP contribution in [0.15, 0.2) is 36.4 Å². The van der Waals surface area contributed by atoms with Crippen LogP contribution < -0.4 is 5.32 Å². The molecule has 6 heteroatoms. The van der Waals surface area contributed by atoms with Gasteiger partial charge in [0.2, 0.25) is 0 Å². The SMILES string of the molecule is O=C(Nc1cc(Cl)ccc1F)c1cc(F)ccc1F. The van der Waals surface area contributed by atoms with Crippen molar-refractivity contribution in [3.05, 3.63) is 64.4 Å². The van der Waals surface area contributed by atoms with Crippen LogP contribution in [0.25, 0.3) is 0 Å². The highest BCUT2D eigenvalue weighted by molar-refractivity contribution is 6.31. The third-order valence-corrected chi connectivity index (χ3v) is 2.58. The fourth-order valence-electron chi connectivity index (χ4n) is 1.45. The standard InChI is InChI=1S/C13H7ClF3NO/c14-7-1-3-11(17)12(5-7)18-13(19)9-6-8(15)2-4-10(9)16/h1-6H,(H,18,19). The van der Waals surface area contributed by atoms with Gasteiger partial charge in [-0.2, -0.15) is 0 Å². The van der Waals surface area contributed by atoms with Gasteiger partial charge >= 0.3 is 0 Å². The summed E-state index contributed by atoms with van der Waals surface area (Å²) < 4.78 is 39.7. The van der Waals surface area contributed by atoms with Crippen molar-refractivity contribution in [3.63, 3.8) is 0 Å². The summed E-state index contributed by atoms with van der Waals surface area (Å²) in [5.41, 5.74) is -0.722. The Morgan fingerprint density at radius 1 is 1.00 bits per heavy atom. The number of hydrogen-bond acceptors (Lipinski definition) is 1. The first-order valence-electron chi connectivity index (χ1n) is 5.19. The fourth-order valence-corrected chi connectivity index (χ4v) is 1.63. The van der Waals surface area contributed by atoms with Crippen LogP contribution in [0.3, 0.4) is 0 Å². The van der Waals surface area contributed by atoms with Crippen LogP contribution in [0.5, 0.6) is 0 Å². The van der Waals surface area contributed by atoms with Gasteiger partial charge in [-0.15, -0.1) is 0 Å². The zero-order valence-electron chi connectivity index (χ0n) is 9.38. The molecule has 0 spiro atoms. The normalized spacial score (nSPS) is 10.3. The van der Waals surface area contributed by atoms with Gasteiger partial charge in [0.05, 0.1) is 11.3 Å². The Bertz CT molecular complexity index is 646. The number of anilines is 1. The summed E-state index contributed by atoms with van der Waals surface area (Å²) in [6.07, 6.45) is 0. The highest BCUT2D eigenvalue weighted by Gasteiger charge is 2.14. The van der Waals surface area contributed by atoms with Crippen LogP contribution in [0, 0.1) is 17.5 Å². The second-order valence-corrected chi connectivity index (χ2v) is 4.14. The van der Waals surface area contributed by atoms with Crippen LogP contribution in [-0.4, -0.2) is 5.91 Å². The maximum atomic E-state index is 13.4. The van der Waals surface area contributed by atoms with Gasteiger partial charge in [0.1, 0.15) is 17.5 Å². The van der Waals surface area contributed by atoms with Crippen molar-refractivity contribution in [1.29, 1.82) is 0 Å². The first kappa shape index (κ1) is 13.4. The molecule has 0 unspecified atom stereocenters. The second kappa shape index (κ2) is 5.32. The Balaban J connectivity index is 2.30. The molecule has 98 valence electrons. The van der Waals surface area contributed by atoms with Gasteiger partial charge in [0, 0.05) is 5.02 Å². The van der Waals surface area contributed by atoms with E-state index in [9.17, 15) is 18.0 Å². The summed E-state index contributed by atoms with van der Waals surface area (Å²) in [6, 6.07) is 5.96. The zero-order chi connectivity index (χ0) is 14.0. The van der Waals surface area contributed by atoms with E-state index < -0.39 is 28.9 Å². The second-order valence-electron chi connectivity index (χ2n) is 3.70. The number of halogens is 4. The summed E-state index contributed by atoms with van der Waals surface area (Å²) in [7, 11) is 0. The minimum Gasteiger partial charge on any atom is -0.319 e. The van der Waals surface area contributed by atoms with Crippen molar-refractivity contribution in [2.24, 2.45) is 0 Å². The Labute approximate surface area is 111 Å². The molecule has 2 aromatic rings. The molecule has 19 heavy (non-hydrogen) atoms. The van der Waals surface area contributed by atoms with Crippen LogP contribution >= 0.6 is 11.6 Å². The van der Waals surface area contributed by atoms with Crippen molar-refractivity contribution in [3.8, 4) is 0 Å². The zero-order valence-corrected chi connectivity index (χ0v) is 10.1. The van der Waals surface area contributed by atoms with Crippen LogP contribution in [0.4, 0.5) is 18.9 Å². The number of nitrogens with one attached hydrogen (secondary N) is 1. The van der Waals surface area contributed by atoms with Gasteiger partial charge in [-0.3, -0.25) is 4.79 Å². The Morgan fingerprint density at radius 2 is 1.68 bits per heavy atom. The number of benzene rings is 2. The average molecular weight is 286 g/mol. The van der Waals surface area contributed by atoms with Crippen molar-refractivity contribution in [2.75, 3.05) is 5.32 Å². The van der Waals surface area contributed by atoms with Crippen molar-refractivity contribution in [1.82, 2.24) is 0 Å². The molecule has 0 aromatic heterocycles. The molecule has 0 bridgehead atoms. The van der Waals surface area contributed by atoms with Gasteiger partial charge in [0.15, 0.2) is 0 Å². The van der Waals surface area contributed by atoms with Crippen LogP contribution in [-0.2, 0) is 0 Å². The molecule has 0 aliphatic rings. The van der Waals surface area contributed by atoms with Crippen molar-refractivity contribution >= 4 is 23.2 Å². The molecule has 1 N–H and O–H groups in total. The molecule has 0 aliphatic carbocycles. The highest BCUT2D eigenvalue weighted by atomic mass is 35.5. The fraction of sp³-hybridized carbons (Fsp3) is 0. The maximum absolute atomic E-state index is 13.4. The van der Waals surface area contributed by atoms with Crippen LogP contribution in [0.2, 0.25) is 5.02 Å². The third-order valence-electron chi connectivity index (χ3n) is 2.35. The summed E-state index contributed by atoms with van der Waals surface area (Å²) in [6.45, 7) is 0. The molecule has 0 atom stereocenters. The molecule has 0 saturated carbocycles. The summed E-state index contributed by atoms with van der Waals surface area (Å²) in [5.74, 6) is -3.35. The lowest BCUT2D eigenvalue weighted by molar-refractivity contribution is 0.102. The lowest BCUT2D eigenvalue weighted by atomic mass is 10.2. The summed E-state index contributed by atoms with van der Waals surface area (Å²) in [4.78, 5) is 11.7. The van der Waals surface area contributed by atoms with E-state index in [1.54, 1.807) is 0 Å². The van der Waals surface area contributed by atoms with Gasteiger partial charge in [-0.25, -0.2) is 13.2 Å². The molecular weight excluding hydrogens is 279 g/mol. The van der Waals surface area contributed by atoms with Gasteiger partial charge < -0.3 is 5.32 Å². The summed E-state index contributed by atoms with van der Waals surface area (Å²) in [5, 5.41) is 2.34. The Morgan fingerprint density at radius 3 is 2.42 bits per heavy atom. The molecule has 2 aromatic carbocycles. The van der Waals surface area contributed by atoms with E-state index in [2.05, 4.69) is 5.32 Å². The number of rotatable bonds is 2. The molecule has 0 aliphatic heterocycles. The van der Waals surface area contributed by atoms with Crippen LogP contribution in [0.1, 0.15) is 10.4 Å². The first-order valence-corrected chi connectivity index (χ1v) is 5.56. The van der Waals surface area contributed by atoms with E-state index >= 15 is 0 Å². The predicted octanol–water partition coefficient (Wildman–Crippen LogP) is 4.01.